The summed E-state index contributed by atoms with van der Waals surface area (Å²) in [4.78, 5) is 18.6. The van der Waals surface area contributed by atoms with Crippen molar-refractivity contribution in [2.45, 2.75) is 26.3 Å². The number of benzene rings is 1. The smallest absolute Gasteiger partial charge is 0.252 e. The summed E-state index contributed by atoms with van der Waals surface area (Å²) in [7, 11) is 0. The van der Waals surface area contributed by atoms with Crippen molar-refractivity contribution in [3.8, 4) is 0 Å². The van der Waals surface area contributed by atoms with Gasteiger partial charge in [-0.1, -0.05) is 36.4 Å². The first-order valence-electron chi connectivity index (χ1n) is 10.5. The van der Waals surface area contributed by atoms with Gasteiger partial charge < -0.3 is 10.1 Å². The third-order valence-corrected chi connectivity index (χ3v) is 5.86. The molecule has 0 bridgehead atoms. The summed E-state index contributed by atoms with van der Waals surface area (Å²) in [5, 5.41) is 10.3. The molecule has 0 spiro atoms. The Hall–Kier alpha value is -3.03. The molecular formula is C24H26N4O2S. The monoisotopic (exact) mass is 434 g/mol. The van der Waals surface area contributed by atoms with E-state index in [2.05, 4.69) is 33.6 Å². The second-order valence-corrected chi connectivity index (χ2v) is 8.42. The second kappa shape index (κ2) is 10.3. The molecule has 0 saturated heterocycles. The van der Waals surface area contributed by atoms with Gasteiger partial charge in [0.15, 0.2) is 5.65 Å². The van der Waals surface area contributed by atoms with Gasteiger partial charge in [0.05, 0.1) is 30.3 Å². The molecule has 0 radical (unpaired) electrons. The molecular weight excluding hydrogens is 408 g/mol. The molecule has 31 heavy (non-hydrogen) atoms. The predicted octanol–water partition coefficient (Wildman–Crippen LogP) is 4.23. The lowest BCUT2D eigenvalue weighted by Gasteiger charge is -2.08. The molecule has 3 aromatic heterocycles. The Morgan fingerprint density at radius 1 is 1.16 bits per heavy atom. The van der Waals surface area contributed by atoms with E-state index >= 15 is 0 Å². The molecule has 1 aromatic carbocycles. The van der Waals surface area contributed by atoms with Crippen molar-refractivity contribution in [2.24, 2.45) is 0 Å². The van der Waals surface area contributed by atoms with E-state index in [0.29, 0.717) is 31.9 Å². The van der Waals surface area contributed by atoms with E-state index in [9.17, 15) is 4.79 Å². The average Bonchev–Trinajstić information content (AvgIpc) is 3.44. The van der Waals surface area contributed by atoms with E-state index in [4.69, 9.17) is 4.74 Å². The Labute approximate surface area is 185 Å². The van der Waals surface area contributed by atoms with Crippen LogP contribution in [0, 0.1) is 6.92 Å². The molecule has 1 amide bonds. The number of ether oxygens (including phenoxy) is 1. The summed E-state index contributed by atoms with van der Waals surface area (Å²) in [5.74, 6) is -0.101. The van der Waals surface area contributed by atoms with Gasteiger partial charge in [-0.05, 0) is 42.8 Å². The number of amides is 1. The normalized spacial score (nSPS) is 11.1. The van der Waals surface area contributed by atoms with Gasteiger partial charge in [-0.2, -0.15) is 5.10 Å². The van der Waals surface area contributed by atoms with E-state index in [1.165, 1.54) is 10.4 Å². The van der Waals surface area contributed by atoms with Gasteiger partial charge in [0, 0.05) is 23.7 Å². The number of thiophene rings is 1. The first kappa shape index (κ1) is 21.2. The quantitative estimate of drug-likeness (QED) is 0.379. The second-order valence-electron chi connectivity index (χ2n) is 7.39. The molecule has 6 nitrogen and oxygen atoms in total. The fourth-order valence-electron chi connectivity index (χ4n) is 3.43. The summed E-state index contributed by atoms with van der Waals surface area (Å²) in [6, 6.07) is 16.2. The molecule has 0 aliphatic carbocycles. The summed E-state index contributed by atoms with van der Waals surface area (Å²) in [5.41, 5.74) is 3.43. The van der Waals surface area contributed by atoms with E-state index in [1.54, 1.807) is 17.5 Å². The third-order valence-electron chi connectivity index (χ3n) is 5.00. The molecule has 0 saturated carbocycles. The van der Waals surface area contributed by atoms with Crippen LogP contribution in [0.4, 0.5) is 0 Å². The van der Waals surface area contributed by atoms with Crippen LogP contribution in [0.25, 0.3) is 11.0 Å². The van der Waals surface area contributed by atoms with Crippen molar-refractivity contribution >= 4 is 28.3 Å². The minimum Gasteiger partial charge on any atom is -0.381 e. The topological polar surface area (TPSA) is 69.0 Å². The number of aryl methyl sites for hydroxylation is 1. The summed E-state index contributed by atoms with van der Waals surface area (Å²) in [6.07, 6.45) is 3.40. The Morgan fingerprint density at radius 2 is 2.03 bits per heavy atom. The number of aromatic nitrogens is 3. The zero-order valence-electron chi connectivity index (χ0n) is 17.6. The van der Waals surface area contributed by atoms with Crippen LogP contribution in [0.1, 0.15) is 32.9 Å². The largest absolute Gasteiger partial charge is 0.381 e. The van der Waals surface area contributed by atoms with Gasteiger partial charge in [0.2, 0.25) is 0 Å². The van der Waals surface area contributed by atoms with Crippen molar-refractivity contribution in [1.82, 2.24) is 20.1 Å². The molecule has 4 aromatic rings. The highest BCUT2D eigenvalue weighted by Crippen LogP contribution is 2.20. The van der Waals surface area contributed by atoms with Gasteiger partial charge in [0.25, 0.3) is 5.91 Å². The van der Waals surface area contributed by atoms with E-state index in [-0.39, 0.29) is 5.91 Å². The molecule has 7 heteroatoms. The summed E-state index contributed by atoms with van der Waals surface area (Å²) < 4.78 is 7.55. The number of nitrogens with one attached hydrogen (secondary N) is 1. The van der Waals surface area contributed by atoms with Gasteiger partial charge >= 0.3 is 0 Å². The van der Waals surface area contributed by atoms with E-state index < -0.39 is 0 Å². The Balaban J connectivity index is 1.29. The molecule has 0 atom stereocenters. The maximum atomic E-state index is 12.8. The lowest BCUT2D eigenvalue weighted by Crippen LogP contribution is -2.25. The molecule has 3 heterocycles. The van der Waals surface area contributed by atoms with Crippen LogP contribution >= 0.6 is 11.3 Å². The van der Waals surface area contributed by atoms with Crippen LogP contribution in [0.2, 0.25) is 0 Å². The first-order valence-corrected chi connectivity index (χ1v) is 11.3. The van der Waals surface area contributed by atoms with Crippen LogP contribution in [0.15, 0.2) is 60.1 Å². The summed E-state index contributed by atoms with van der Waals surface area (Å²) in [6.45, 7) is 4.43. The number of carbonyl (C=O) groups is 1. The van der Waals surface area contributed by atoms with E-state index in [1.807, 2.05) is 47.3 Å². The molecule has 0 aliphatic heterocycles. The Kier molecular flexibility index (Phi) is 7.07. The minimum atomic E-state index is -0.101. The highest BCUT2D eigenvalue weighted by molar-refractivity contribution is 7.09. The van der Waals surface area contributed by atoms with Crippen molar-refractivity contribution < 1.29 is 9.53 Å². The lowest BCUT2D eigenvalue weighted by atomic mass is 10.1. The molecule has 0 fully saturated rings. The predicted molar refractivity (Wildman–Crippen MR) is 124 cm³/mol. The number of hydrogen-bond acceptors (Lipinski definition) is 5. The zero-order valence-corrected chi connectivity index (χ0v) is 18.4. The maximum Gasteiger partial charge on any atom is 0.252 e. The van der Waals surface area contributed by atoms with Crippen molar-refractivity contribution in [2.75, 3.05) is 19.8 Å². The number of carbonyl (C=O) groups excluding carboxylic acids is 1. The van der Waals surface area contributed by atoms with Crippen LogP contribution in [-0.2, 0) is 17.7 Å². The highest BCUT2D eigenvalue weighted by Gasteiger charge is 2.16. The Morgan fingerprint density at radius 3 is 2.84 bits per heavy atom. The van der Waals surface area contributed by atoms with Crippen LogP contribution in [-0.4, -0.2) is 40.4 Å². The molecule has 0 aliphatic rings. The molecule has 160 valence electrons. The van der Waals surface area contributed by atoms with Gasteiger partial charge in [-0.15, -0.1) is 11.3 Å². The third kappa shape index (κ3) is 5.57. The van der Waals surface area contributed by atoms with Gasteiger partial charge in [-0.3, -0.25) is 4.79 Å². The maximum absolute atomic E-state index is 12.8. The number of hydrogen-bond donors (Lipinski definition) is 1. The van der Waals surface area contributed by atoms with Crippen LogP contribution in [0.5, 0.6) is 0 Å². The summed E-state index contributed by atoms with van der Waals surface area (Å²) >= 11 is 1.68. The number of fused-ring (bicyclic) bond motifs is 1. The van der Waals surface area contributed by atoms with Crippen molar-refractivity contribution in [3.05, 3.63) is 81.8 Å². The fourth-order valence-corrected chi connectivity index (χ4v) is 4.12. The molecule has 4 rings (SSSR count). The Bertz CT molecular complexity index is 1120. The zero-order chi connectivity index (χ0) is 21.5. The number of nitrogens with zero attached hydrogens (tertiary/aromatic N) is 3. The fraction of sp³-hybridized carbons (Fsp3) is 0.292. The number of pyridine rings is 1. The van der Waals surface area contributed by atoms with Crippen LogP contribution < -0.4 is 5.32 Å². The van der Waals surface area contributed by atoms with Crippen LogP contribution in [0.3, 0.4) is 0 Å². The first-order chi connectivity index (χ1) is 15.2. The van der Waals surface area contributed by atoms with Gasteiger partial charge in [-0.25, -0.2) is 9.67 Å². The number of rotatable bonds is 10. The average molecular weight is 435 g/mol. The van der Waals surface area contributed by atoms with Gasteiger partial charge in [0.1, 0.15) is 0 Å². The molecule has 0 unspecified atom stereocenters. The molecule has 1 N–H and O–H groups in total. The van der Waals surface area contributed by atoms with E-state index in [0.717, 1.165) is 29.6 Å². The van der Waals surface area contributed by atoms with Crippen molar-refractivity contribution in [1.29, 1.82) is 0 Å². The lowest BCUT2D eigenvalue weighted by molar-refractivity contribution is 0.0943. The SMILES string of the molecule is Cc1cc(C(=O)NCCCOCCc2ccccc2)c2cnn(Cc3cccs3)c2n1. The van der Waals surface area contributed by atoms with Crippen molar-refractivity contribution in [3.63, 3.8) is 0 Å². The minimum absolute atomic E-state index is 0.101. The highest BCUT2D eigenvalue weighted by atomic mass is 32.1. The standard InChI is InChI=1S/C24H26N4O2S/c1-18-15-21(22-16-26-28(23(22)27-18)17-20-9-5-14-31-20)24(29)25-11-6-12-30-13-10-19-7-3-2-4-8-19/h2-5,7-9,14-16H,6,10-13,17H2,1H3,(H,25,29).